The first-order valence-corrected chi connectivity index (χ1v) is 5.59. The third kappa shape index (κ3) is 9.57. The van der Waals surface area contributed by atoms with E-state index < -0.39 is 24.4 Å². The standard InChI is InChI=1S/C7H13N.C4H7NO4.Pt/c1-6-4-2-3-5-7(6)8;5-2(4(8)9)1-3(6)7;/h6-8H,1-5H2;2H,1,5H2,(H,6,7)(H,8,9);/q-2;;+2. The van der Waals surface area contributed by atoms with Crippen LogP contribution in [0.4, 0.5) is 0 Å². The molecule has 0 radical (unpaired) electrons. The van der Waals surface area contributed by atoms with E-state index in [1.165, 1.54) is 19.3 Å². The molecule has 1 fully saturated rings. The first-order chi connectivity index (χ1) is 7.84. The monoisotopic (exact) mass is 439 g/mol. The number of hydrogen-bond donors (Lipinski definition) is 3. The number of nitrogens with two attached hydrogens (primary N) is 1. The Bertz CT molecular complexity index is 253. The molecule has 1 saturated carbocycles. The largest absolute Gasteiger partial charge is 2.00 e. The van der Waals surface area contributed by atoms with Crippen LogP contribution < -0.4 is 5.73 Å². The van der Waals surface area contributed by atoms with Crippen molar-refractivity contribution in [2.24, 2.45) is 11.7 Å². The Balaban J connectivity index is 0. The molecule has 0 spiro atoms. The number of rotatable bonds is 3. The van der Waals surface area contributed by atoms with Gasteiger partial charge in [0.15, 0.2) is 0 Å². The maximum Gasteiger partial charge on any atom is 2.00 e. The van der Waals surface area contributed by atoms with E-state index in [2.05, 4.69) is 6.92 Å². The summed E-state index contributed by atoms with van der Waals surface area (Å²) in [5.74, 6) is -2.08. The molecule has 108 valence electrons. The summed E-state index contributed by atoms with van der Waals surface area (Å²) in [6, 6.07) is -1.15. The second-order valence-corrected chi connectivity index (χ2v) is 4.19. The van der Waals surface area contributed by atoms with Gasteiger partial charge >= 0.3 is 33.0 Å². The van der Waals surface area contributed by atoms with E-state index in [0.29, 0.717) is 5.92 Å². The van der Waals surface area contributed by atoms with Gasteiger partial charge in [-0.15, -0.1) is 0 Å². The van der Waals surface area contributed by atoms with Crippen LogP contribution in [0.15, 0.2) is 0 Å². The molecule has 5 N–H and O–H groups in total. The Labute approximate surface area is 121 Å². The fraction of sp³-hybridized carbons (Fsp3) is 0.727. The van der Waals surface area contributed by atoms with E-state index in [1.807, 2.05) is 0 Å². The molecule has 0 amide bonds. The smallest absolute Gasteiger partial charge is 0.677 e. The zero-order valence-electron chi connectivity index (χ0n) is 10.1. The second-order valence-electron chi connectivity index (χ2n) is 4.19. The van der Waals surface area contributed by atoms with Gasteiger partial charge in [0.05, 0.1) is 6.42 Å². The predicted octanol–water partition coefficient (Wildman–Crippen LogP) is 1.30. The molecule has 1 aliphatic rings. The van der Waals surface area contributed by atoms with Gasteiger partial charge < -0.3 is 28.6 Å². The van der Waals surface area contributed by atoms with Gasteiger partial charge in [-0.1, -0.05) is 25.7 Å². The number of nitrogens with one attached hydrogen (secondary N) is 1. The Morgan fingerprint density at radius 1 is 1.33 bits per heavy atom. The number of aliphatic carboxylic acids is 2. The first kappa shape index (κ1) is 19.9. The number of carboxylic acid groups (broad SMARTS) is 2. The molecule has 0 aromatic rings. The molecule has 1 rings (SSSR count). The molecule has 0 aliphatic heterocycles. The van der Waals surface area contributed by atoms with E-state index in [9.17, 15) is 9.59 Å². The first-order valence-electron chi connectivity index (χ1n) is 5.59. The van der Waals surface area contributed by atoms with Gasteiger partial charge in [0.2, 0.25) is 0 Å². The molecule has 6 nitrogen and oxygen atoms in total. The molecule has 7 heteroatoms. The third-order valence-electron chi connectivity index (χ3n) is 2.62. The van der Waals surface area contributed by atoms with Crippen molar-refractivity contribution in [3.63, 3.8) is 0 Å². The van der Waals surface area contributed by atoms with Crippen molar-refractivity contribution in [1.82, 2.24) is 0 Å². The zero-order chi connectivity index (χ0) is 13.4. The van der Waals surface area contributed by atoms with E-state index >= 15 is 0 Å². The fourth-order valence-corrected chi connectivity index (χ4v) is 1.48. The van der Waals surface area contributed by atoms with Crippen LogP contribution in [-0.4, -0.2) is 34.2 Å². The van der Waals surface area contributed by atoms with Crippen LogP contribution in [0.1, 0.15) is 32.1 Å². The minimum atomic E-state index is -1.29. The Morgan fingerprint density at radius 3 is 2.06 bits per heavy atom. The van der Waals surface area contributed by atoms with Crippen LogP contribution in [0, 0.1) is 12.8 Å². The summed E-state index contributed by atoms with van der Waals surface area (Å²) >= 11 is 0. The molecule has 3 unspecified atom stereocenters. The number of carboxylic acids is 2. The van der Waals surface area contributed by atoms with Crippen molar-refractivity contribution < 1.29 is 40.9 Å². The van der Waals surface area contributed by atoms with Crippen molar-refractivity contribution in [3.8, 4) is 0 Å². The van der Waals surface area contributed by atoms with Gasteiger partial charge in [0.25, 0.3) is 0 Å². The van der Waals surface area contributed by atoms with Gasteiger partial charge in [0.1, 0.15) is 6.04 Å². The molecule has 3 atom stereocenters. The van der Waals surface area contributed by atoms with Crippen LogP contribution >= 0.6 is 0 Å². The molecule has 0 aromatic heterocycles. The summed E-state index contributed by atoms with van der Waals surface area (Å²) in [7, 11) is 0. The van der Waals surface area contributed by atoms with Crippen LogP contribution in [0.2, 0.25) is 0 Å². The topological polar surface area (TPSA) is 124 Å². The van der Waals surface area contributed by atoms with Crippen LogP contribution in [-0.2, 0) is 30.7 Å². The van der Waals surface area contributed by atoms with Gasteiger partial charge in [-0.05, 0) is 0 Å². The van der Waals surface area contributed by atoms with Crippen molar-refractivity contribution in [2.75, 3.05) is 0 Å². The van der Waals surface area contributed by atoms with Crippen molar-refractivity contribution in [3.05, 3.63) is 12.7 Å². The zero-order valence-corrected chi connectivity index (χ0v) is 12.4. The molecule has 0 bridgehead atoms. The van der Waals surface area contributed by atoms with E-state index in [4.69, 9.17) is 21.7 Å². The van der Waals surface area contributed by atoms with Crippen LogP contribution in [0.25, 0.3) is 5.73 Å². The average Bonchev–Trinajstić information content (AvgIpc) is 2.22. The summed E-state index contributed by atoms with van der Waals surface area (Å²) in [5.41, 5.74) is 12.3. The summed E-state index contributed by atoms with van der Waals surface area (Å²) in [6.07, 6.45) is 4.27. The van der Waals surface area contributed by atoms with Gasteiger partial charge in [-0.2, -0.15) is 12.0 Å². The Morgan fingerprint density at radius 2 is 1.83 bits per heavy atom. The molecule has 0 heterocycles. The summed E-state index contributed by atoms with van der Waals surface area (Å²) in [6.45, 7) is 3.89. The van der Waals surface area contributed by atoms with Crippen molar-refractivity contribution in [1.29, 1.82) is 0 Å². The molecule has 0 saturated heterocycles. The molecule has 1 aliphatic carbocycles. The van der Waals surface area contributed by atoms with Gasteiger partial charge in [-0.3, -0.25) is 9.59 Å². The fourth-order valence-electron chi connectivity index (χ4n) is 1.48. The maximum absolute atomic E-state index is 9.85. The number of hydrogen-bond acceptors (Lipinski definition) is 3. The summed E-state index contributed by atoms with van der Waals surface area (Å²) in [5, 5.41) is 16.0. The SMILES string of the molecule is NC(CC(=O)O)C(=O)O.[CH2-]C1CCCCC1[NH-].[Pt+2]. The average molecular weight is 439 g/mol. The predicted molar refractivity (Wildman–Crippen MR) is 63.3 cm³/mol. The minimum Gasteiger partial charge on any atom is -0.677 e. The molecular weight excluding hydrogens is 419 g/mol. The normalized spacial score (nSPS) is 23.9. The van der Waals surface area contributed by atoms with Gasteiger partial charge in [-0.25, -0.2) is 0 Å². The summed E-state index contributed by atoms with van der Waals surface area (Å²) in [4.78, 5) is 19.6. The van der Waals surface area contributed by atoms with Crippen LogP contribution in [0.3, 0.4) is 0 Å². The minimum absolute atomic E-state index is 0. The van der Waals surface area contributed by atoms with Gasteiger partial charge in [0, 0.05) is 0 Å². The number of carbonyl (C=O) groups is 2. The molecular formula is C11H20N2O4Pt. The summed E-state index contributed by atoms with van der Waals surface area (Å²) < 4.78 is 0. The third-order valence-corrected chi connectivity index (χ3v) is 2.62. The quantitative estimate of drug-likeness (QED) is 0.572. The van der Waals surface area contributed by atoms with E-state index in [1.54, 1.807) is 0 Å². The maximum atomic E-state index is 9.85. The van der Waals surface area contributed by atoms with E-state index in [0.717, 1.165) is 6.42 Å². The van der Waals surface area contributed by atoms with Crippen LogP contribution in [0.5, 0.6) is 0 Å². The Hall–Kier alpha value is -0.452. The van der Waals surface area contributed by atoms with E-state index in [-0.39, 0.29) is 27.1 Å². The molecule has 18 heavy (non-hydrogen) atoms. The Kier molecular flexibility index (Phi) is 11.6. The van der Waals surface area contributed by atoms with Crippen molar-refractivity contribution >= 4 is 11.9 Å². The molecule has 0 aromatic carbocycles. The second kappa shape index (κ2) is 10.5. The van der Waals surface area contributed by atoms with Crippen molar-refractivity contribution in [2.45, 2.75) is 44.2 Å².